The maximum atomic E-state index is 5.34. The Morgan fingerprint density at radius 1 is 0.315 bits per heavy atom. The molecule has 0 N–H and O–H groups in total. The SMILES string of the molecule is c1ccc(-c2nc(-c3ccc4ccccc4c3)nc(-c3cc(-c4cccc5sc6ccccc6c45)ccc3-c3cccc4c3sc3ccccc34)n2)cc1. The second kappa shape index (κ2) is 12.6. The van der Waals surface area contributed by atoms with Gasteiger partial charge < -0.3 is 0 Å². The number of nitrogens with zero attached hydrogens (tertiary/aromatic N) is 3. The van der Waals surface area contributed by atoms with Crippen molar-refractivity contribution in [2.45, 2.75) is 0 Å². The highest BCUT2D eigenvalue weighted by Gasteiger charge is 2.21. The lowest BCUT2D eigenvalue weighted by Gasteiger charge is -2.15. The second-order valence-corrected chi connectivity index (χ2v) is 15.7. The number of aromatic nitrogens is 3. The second-order valence-electron chi connectivity index (χ2n) is 13.6. The van der Waals surface area contributed by atoms with Crippen molar-refractivity contribution in [1.29, 1.82) is 0 Å². The number of benzene rings is 8. The molecule has 0 saturated heterocycles. The van der Waals surface area contributed by atoms with Crippen LogP contribution in [0.2, 0.25) is 0 Å². The first kappa shape index (κ1) is 31.0. The van der Waals surface area contributed by atoms with Crippen molar-refractivity contribution in [2.75, 3.05) is 0 Å². The van der Waals surface area contributed by atoms with E-state index >= 15 is 0 Å². The Balaban J connectivity index is 1.21. The monoisotopic (exact) mass is 723 g/mol. The molecule has 0 amide bonds. The lowest BCUT2D eigenvalue weighted by atomic mass is 9.92. The van der Waals surface area contributed by atoms with E-state index < -0.39 is 0 Å². The number of rotatable bonds is 5. The molecule has 3 heterocycles. The van der Waals surface area contributed by atoms with Gasteiger partial charge in [0.2, 0.25) is 0 Å². The Morgan fingerprint density at radius 2 is 0.944 bits per heavy atom. The minimum absolute atomic E-state index is 0.643. The molecule has 252 valence electrons. The van der Waals surface area contributed by atoms with Crippen LogP contribution in [0.3, 0.4) is 0 Å². The van der Waals surface area contributed by atoms with E-state index in [1.807, 2.05) is 40.9 Å². The standard InChI is InChI=1S/C49H29N3S2/c1-2-13-31(14-3-1)47-50-48(34-25-24-30-12-4-5-15-32(30)28-34)52-49(51-47)41-29-33(35-18-11-23-44-45(35)40-17-7-9-22-43(40)53-44)26-27-36(41)38-19-10-20-39-37-16-6-8-21-42(37)54-46(38)39/h1-29H. The van der Waals surface area contributed by atoms with Crippen molar-refractivity contribution in [3.8, 4) is 56.4 Å². The lowest BCUT2D eigenvalue weighted by molar-refractivity contribution is 1.07. The van der Waals surface area contributed by atoms with Crippen LogP contribution in [0.4, 0.5) is 0 Å². The molecule has 54 heavy (non-hydrogen) atoms. The van der Waals surface area contributed by atoms with Crippen molar-refractivity contribution in [2.24, 2.45) is 0 Å². The number of hydrogen-bond donors (Lipinski definition) is 0. The summed E-state index contributed by atoms with van der Waals surface area (Å²) in [7, 11) is 0. The predicted molar refractivity (Wildman–Crippen MR) is 230 cm³/mol. The summed E-state index contributed by atoms with van der Waals surface area (Å²) in [6, 6.07) is 62.7. The Hall–Kier alpha value is -6.53. The van der Waals surface area contributed by atoms with Gasteiger partial charge in [0, 0.05) is 62.6 Å². The molecule has 3 nitrogen and oxygen atoms in total. The highest BCUT2D eigenvalue weighted by atomic mass is 32.1. The van der Waals surface area contributed by atoms with Crippen LogP contribution in [-0.2, 0) is 0 Å². The van der Waals surface area contributed by atoms with Gasteiger partial charge in [-0.15, -0.1) is 22.7 Å². The Kier molecular flexibility index (Phi) is 7.22. The van der Waals surface area contributed by atoms with Gasteiger partial charge in [-0.05, 0) is 57.8 Å². The van der Waals surface area contributed by atoms with Gasteiger partial charge >= 0.3 is 0 Å². The third-order valence-electron chi connectivity index (χ3n) is 10.3. The summed E-state index contributed by atoms with van der Waals surface area (Å²) >= 11 is 3.68. The number of hydrogen-bond acceptors (Lipinski definition) is 5. The van der Waals surface area contributed by atoms with Crippen molar-refractivity contribution in [1.82, 2.24) is 15.0 Å². The van der Waals surface area contributed by atoms with E-state index in [9.17, 15) is 0 Å². The molecule has 0 aliphatic heterocycles. The largest absolute Gasteiger partial charge is 0.208 e. The zero-order valence-electron chi connectivity index (χ0n) is 28.9. The molecule has 0 bridgehead atoms. The van der Waals surface area contributed by atoms with E-state index in [-0.39, 0.29) is 0 Å². The number of thiophene rings is 2. The van der Waals surface area contributed by atoms with E-state index in [2.05, 4.69) is 158 Å². The fourth-order valence-corrected chi connectivity index (χ4v) is 10.1. The molecule has 0 fully saturated rings. The third kappa shape index (κ3) is 5.12. The topological polar surface area (TPSA) is 38.7 Å². The quantitative estimate of drug-likeness (QED) is 0.177. The van der Waals surface area contributed by atoms with Crippen LogP contribution in [0.1, 0.15) is 0 Å². The van der Waals surface area contributed by atoms with Crippen LogP contribution >= 0.6 is 22.7 Å². The van der Waals surface area contributed by atoms with Gasteiger partial charge in [0.05, 0.1) is 0 Å². The first-order chi connectivity index (χ1) is 26.7. The molecule has 0 spiro atoms. The fourth-order valence-electron chi connectivity index (χ4n) is 7.78. The van der Waals surface area contributed by atoms with Gasteiger partial charge in [0.1, 0.15) is 0 Å². The zero-order chi connectivity index (χ0) is 35.6. The van der Waals surface area contributed by atoms with E-state index in [4.69, 9.17) is 15.0 Å². The first-order valence-corrected chi connectivity index (χ1v) is 19.6. The Bertz CT molecular complexity index is 3230. The maximum Gasteiger partial charge on any atom is 0.164 e. The van der Waals surface area contributed by atoms with Gasteiger partial charge in [-0.25, -0.2) is 15.0 Å². The third-order valence-corrected chi connectivity index (χ3v) is 12.7. The summed E-state index contributed by atoms with van der Waals surface area (Å²) in [6.07, 6.45) is 0. The summed E-state index contributed by atoms with van der Waals surface area (Å²) in [5.74, 6) is 1.93. The summed E-state index contributed by atoms with van der Waals surface area (Å²) in [5, 5.41) is 7.42. The number of fused-ring (bicyclic) bond motifs is 7. The van der Waals surface area contributed by atoms with E-state index in [1.165, 1.54) is 56.9 Å². The highest BCUT2D eigenvalue weighted by molar-refractivity contribution is 7.26. The van der Waals surface area contributed by atoms with Crippen LogP contribution in [0.15, 0.2) is 176 Å². The highest BCUT2D eigenvalue weighted by Crippen LogP contribution is 2.45. The summed E-state index contributed by atoms with van der Waals surface area (Å²) < 4.78 is 5.10. The van der Waals surface area contributed by atoms with Gasteiger partial charge in [-0.3, -0.25) is 0 Å². The zero-order valence-corrected chi connectivity index (χ0v) is 30.5. The average molecular weight is 724 g/mol. The van der Waals surface area contributed by atoms with Crippen LogP contribution in [0, 0.1) is 0 Å². The van der Waals surface area contributed by atoms with Gasteiger partial charge in [0.25, 0.3) is 0 Å². The van der Waals surface area contributed by atoms with Crippen LogP contribution in [-0.4, -0.2) is 15.0 Å². The van der Waals surface area contributed by atoms with Crippen LogP contribution in [0.5, 0.6) is 0 Å². The van der Waals surface area contributed by atoms with E-state index in [0.29, 0.717) is 17.5 Å². The molecule has 0 atom stereocenters. The predicted octanol–water partition coefficient (Wildman–Crippen LogP) is 14.1. The molecule has 11 rings (SSSR count). The van der Waals surface area contributed by atoms with Crippen molar-refractivity contribution in [3.05, 3.63) is 176 Å². The fraction of sp³-hybridized carbons (Fsp3) is 0. The summed E-state index contributed by atoms with van der Waals surface area (Å²) in [6.45, 7) is 0. The molecular weight excluding hydrogens is 695 g/mol. The van der Waals surface area contributed by atoms with Gasteiger partial charge in [-0.2, -0.15) is 0 Å². The molecule has 0 aliphatic rings. The molecular formula is C49H29N3S2. The van der Waals surface area contributed by atoms with Crippen molar-refractivity contribution < 1.29 is 0 Å². The molecule has 0 radical (unpaired) electrons. The summed E-state index contributed by atoms with van der Waals surface area (Å²) in [4.78, 5) is 15.7. The van der Waals surface area contributed by atoms with E-state index in [0.717, 1.165) is 33.2 Å². The lowest BCUT2D eigenvalue weighted by Crippen LogP contribution is -2.01. The molecule has 11 aromatic rings. The van der Waals surface area contributed by atoms with Crippen molar-refractivity contribution >= 4 is 73.8 Å². The molecule has 0 saturated carbocycles. The maximum absolute atomic E-state index is 5.34. The average Bonchev–Trinajstić information content (AvgIpc) is 3.82. The first-order valence-electron chi connectivity index (χ1n) is 18.0. The summed E-state index contributed by atoms with van der Waals surface area (Å²) in [5.41, 5.74) is 7.45. The Labute approximate surface area is 319 Å². The van der Waals surface area contributed by atoms with Crippen LogP contribution in [0.25, 0.3) is 108 Å². The van der Waals surface area contributed by atoms with Gasteiger partial charge in [-0.1, -0.05) is 146 Å². The van der Waals surface area contributed by atoms with Gasteiger partial charge in [0.15, 0.2) is 17.5 Å². The molecule has 0 aliphatic carbocycles. The normalized spacial score (nSPS) is 11.7. The van der Waals surface area contributed by atoms with E-state index in [1.54, 1.807) is 0 Å². The molecule has 5 heteroatoms. The van der Waals surface area contributed by atoms with Crippen LogP contribution < -0.4 is 0 Å². The smallest absolute Gasteiger partial charge is 0.164 e. The van der Waals surface area contributed by atoms with Crippen molar-refractivity contribution in [3.63, 3.8) is 0 Å². The molecule has 3 aromatic heterocycles. The minimum atomic E-state index is 0.643. The molecule has 0 unspecified atom stereocenters. The molecule has 8 aromatic carbocycles. The minimum Gasteiger partial charge on any atom is -0.208 e. The Morgan fingerprint density at radius 3 is 1.81 bits per heavy atom.